The average molecular weight is 292 g/mol. The van der Waals surface area contributed by atoms with Crippen LogP contribution in [0, 0.1) is 0 Å². The minimum atomic E-state index is -4.40. The summed E-state index contributed by atoms with van der Waals surface area (Å²) in [4.78, 5) is 0. The summed E-state index contributed by atoms with van der Waals surface area (Å²) < 4.78 is 44.2. The Hall–Kier alpha value is -1.20. The molecule has 0 aliphatic rings. The van der Waals surface area contributed by atoms with E-state index in [0.717, 1.165) is 0 Å². The molecule has 0 fully saturated rings. The molecule has 0 aliphatic carbocycles. The first kappa shape index (κ1) is 14.2. The molecule has 1 aromatic carbocycles. The minimum absolute atomic E-state index is 0.141. The first-order chi connectivity index (χ1) is 8.91. The van der Waals surface area contributed by atoms with E-state index in [2.05, 4.69) is 5.32 Å². The molecule has 6 heteroatoms. The molecule has 2 rings (SSSR count). The smallest absolute Gasteiger partial charge is 0.410 e. The van der Waals surface area contributed by atoms with Crippen LogP contribution in [0.4, 0.5) is 13.2 Å². The molecule has 1 atom stereocenters. The zero-order valence-electron chi connectivity index (χ0n) is 10.2. The third-order valence-electron chi connectivity index (χ3n) is 2.71. The molecule has 0 spiro atoms. The van der Waals surface area contributed by atoms with Crippen molar-refractivity contribution < 1.29 is 17.6 Å². The largest absolute Gasteiger partial charge is 0.459 e. The Morgan fingerprint density at radius 3 is 2.68 bits per heavy atom. The fourth-order valence-corrected chi connectivity index (χ4v) is 2.02. The van der Waals surface area contributed by atoms with E-state index in [1.807, 2.05) is 0 Å². The van der Waals surface area contributed by atoms with Crippen molar-refractivity contribution >= 4 is 22.6 Å². The van der Waals surface area contributed by atoms with Gasteiger partial charge in [0.15, 0.2) is 6.04 Å². The van der Waals surface area contributed by atoms with Crippen LogP contribution in [0.25, 0.3) is 11.0 Å². The van der Waals surface area contributed by atoms with Gasteiger partial charge in [-0.1, -0.05) is 18.5 Å². The third kappa shape index (κ3) is 3.22. The second-order valence-electron chi connectivity index (χ2n) is 4.26. The number of fused-ring (bicyclic) bond motifs is 1. The first-order valence-electron chi connectivity index (χ1n) is 5.91. The zero-order valence-corrected chi connectivity index (χ0v) is 11.0. The minimum Gasteiger partial charge on any atom is -0.459 e. The number of furan rings is 1. The molecule has 104 valence electrons. The van der Waals surface area contributed by atoms with Crippen LogP contribution in [0.3, 0.4) is 0 Å². The van der Waals surface area contributed by atoms with Gasteiger partial charge in [-0.25, -0.2) is 0 Å². The number of nitrogens with one attached hydrogen (secondary N) is 1. The third-order valence-corrected chi connectivity index (χ3v) is 2.94. The highest BCUT2D eigenvalue weighted by Gasteiger charge is 2.42. The standard InChI is InChI=1S/C13H13ClF3NO/c1-2-5-18-12(13(15,16)17)11-7-8-6-9(14)3-4-10(8)19-11/h3-4,6-7,12,18H,2,5H2,1H3. The normalized spacial score (nSPS) is 13.9. The van der Waals surface area contributed by atoms with Crippen molar-refractivity contribution in [3.8, 4) is 0 Å². The molecule has 1 N–H and O–H groups in total. The maximum atomic E-state index is 13.0. The fourth-order valence-electron chi connectivity index (χ4n) is 1.84. The van der Waals surface area contributed by atoms with Crippen molar-refractivity contribution in [3.63, 3.8) is 0 Å². The van der Waals surface area contributed by atoms with E-state index in [0.29, 0.717) is 22.4 Å². The molecule has 1 heterocycles. The van der Waals surface area contributed by atoms with Gasteiger partial charge in [0.2, 0.25) is 0 Å². The van der Waals surface area contributed by atoms with Crippen molar-refractivity contribution in [2.75, 3.05) is 6.54 Å². The lowest BCUT2D eigenvalue weighted by Gasteiger charge is -2.19. The summed E-state index contributed by atoms with van der Waals surface area (Å²) in [6, 6.07) is 4.31. The Kier molecular flexibility index (Phi) is 4.06. The van der Waals surface area contributed by atoms with Gasteiger partial charge in [0.05, 0.1) is 0 Å². The molecule has 0 saturated heterocycles. The molecule has 1 aromatic heterocycles. The molecule has 0 saturated carbocycles. The molecule has 2 nitrogen and oxygen atoms in total. The Labute approximate surface area is 113 Å². The van der Waals surface area contributed by atoms with Crippen molar-refractivity contribution in [1.29, 1.82) is 0 Å². The van der Waals surface area contributed by atoms with Gasteiger partial charge in [-0.15, -0.1) is 0 Å². The first-order valence-corrected chi connectivity index (χ1v) is 6.28. The highest BCUT2D eigenvalue weighted by molar-refractivity contribution is 6.31. The number of benzene rings is 1. The lowest BCUT2D eigenvalue weighted by atomic mass is 10.2. The summed E-state index contributed by atoms with van der Waals surface area (Å²) in [5.74, 6) is -0.141. The van der Waals surface area contributed by atoms with Crippen LogP contribution in [-0.2, 0) is 0 Å². The van der Waals surface area contributed by atoms with Gasteiger partial charge in [0, 0.05) is 10.4 Å². The number of hydrogen-bond donors (Lipinski definition) is 1. The Morgan fingerprint density at radius 1 is 1.32 bits per heavy atom. The van der Waals surface area contributed by atoms with Gasteiger partial charge < -0.3 is 4.42 Å². The van der Waals surface area contributed by atoms with Gasteiger partial charge in [-0.05, 0) is 37.2 Å². The summed E-state index contributed by atoms with van der Waals surface area (Å²) >= 11 is 5.80. The van der Waals surface area contributed by atoms with Crippen molar-refractivity contribution in [2.24, 2.45) is 0 Å². The van der Waals surface area contributed by atoms with Crippen LogP contribution in [0.15, 0.2) is 28.7 Å². The van der Waals surface area contributed by atoms with E-state index in [1.165, 1.54) is 6.07 Å². The van der Waals surface area contributed by atoms with Crippen LogP contribution < -0.4 is 5.32 Å². The number of rotatable bonds is 4. The molecular weight excluding hydrogens is 279 g/mol. The number of halogens is 4. The molecular formula is C13H13ClF3NO. The maximum Gasteiger partial charge on any atom is 0.410 e. The Bertz CT molecular complexity index is 565. The number of hydrogen-bond acceptors (Lipinski definition) is 2. The maximum absolute atomic E-state index is 13.0. The van der Waals surface area contributed by atoms with E-state index < -0.39 is 12.2 Å². The van der Waals surface area contributed by atoms with Gasteiger partial charge in [0.25, 0.3) is 0 Å². The lowest BCUT2D eigenvalue weighted by molar-refractivity contribution is -0.161. The zero-order chi connectivity index (χ0) is 14.0. The summed E-state index contributed by atoms with van der Waals surface area (Å²) in [6.07, 6.45) is -3.79. The molecule has 2 aromatic rings. The van der Waals surface area contributed by atoms with E-state index in [4.69, 9.17) is 16.0 Å². The summed E-state index contributed by atoms with van der Waals surface area (Å²) in [7, 11) is 0. The highest BCUT2D eigenvalue weighted by atomic mass is 35.5. The molecule has 0 radical (unpaired) electrons. The van der Waals surface area contributed by atoms with Crippen LogP contribution >= 0.6 is 11.6 Å². The summed E-state index contributed by atoms with van der Waals surface area (Å²) in [5, 5.41) is 3.48. The topological polar surface area (TPSA) is 25.2 Å². The van der Waals surface area contributed by atoms with Gasteiger partial charge >= 0.3 is 6.18 Å². The highest BCUT2D eigenvalue weighted by Crippen LogP contribution is 2.36. The monoisotopic (exact) mass is 291 g/mol. The van der Waals surface area contributed by atoms with Crippen molar-refractivity contribution in [1.82, 2.24) is 5.32 Å². The molecule has 19 heavy (non-hydrogen) atoms. The van der Waals surface area contributed by atoms with E-state index in [9.17, 15) is 13.2 Å². The summed E-state index contributed by atoms with van der Waals surface area (Å²) in [6.45, 7) is 2.07. The molecule has 0 amide bonds. The van der Waals surface area contributed by atoms with Crippen molar-refractivity contribution in [2.45, 2.75) is 25.6 Å². The Balaban J connectivity index is 2.38. The Morgan fingerprint density at radius 2 is 2.05 bits per heavy atom. The predicted molar refractivity (Wildman–Crippen MR) is 68.3 cm³/mol. The second kappa shape index (κ2) is 5.43. The van der Waals surface area contributed by atoms with Crippen LogP contribution in [0.2, 0.25) is 5.02 Å². The van der Waals surface area contributed by atoms with E-state index in [1.54, 1.807) is 25.1 Å². The second-order valence-corrected chi connectivity index (χ2v) is 4.70. The quantitative estimate of drug-likeness (QED) is 0.884. The molecule has 1 unspecified atom stereocenters. The average Bonchev–Trinajstić information content (AvgIpc) is 2.70. The van der Waals surface area contributed by atoms with Gasteiger partial charge in [-0.2, -0.15) is 13.2 Å². The van der Waals surface area contributed by atoms with Gasteiger partial charge in [-0.3, -0.25) is 5.32 Å². The van der Waals surface area contributed by atoms with Crippen LogP contribution in [0.1, 0.15) is 25.1 Å². The van der Waals surface area contributed by atoms with Gasteiger partial charge in [0.1, 0.15) is 11.3 Å². The fraction of sp³-hybridized carbons (Fsp3) is 0.385. The summed E-state index contributed by atoms with van der Waals surface area (Å²) in [5.41, 5.74) is 0.395. The van der Waals surface area contributed by atoms with E-state index >= 15 is 0 Å². The van der Waals surface area contributed by atoms with E-state index in [-0.39, 0.29) is 12.3 Å². The molecule has 0 aliphatic heterocycles. The predicted octanol–water partition coefficient (Wildman–Crippen LogP) is 4.69. The number of alkyl halides is 3. The van der Waals surface area contributed by atoms with Crippen LogP contribution in [0.5, 0.6) is 0 Å². The SMILES string of the molecule is CCCNC(c1cc2cc(Cl)ccc2o1)C(F)(F)F. The van der Waals surface area contributed by atoms with Crippen molar-refractivity contribution in [3.05, 3.63) is 35.0 Å². The van der Waals surface area contributed by atoms with Crippen LogP contribution in [-0.4, -0.2) is 12.7 Å². The lowest BCUT2D eigenvalue weighted by Crippen LogP contribution is -2.34. The molecule has 0 bridgehead atoms.